The van der Waals surface area contributed by atoms with Crippen molar-refractivity contribution in [1.29, 1.82) is 0 Å². The molecule has 5 nitrogen and oxygen atoms in total. The minimum Gasteiger partial charge on any atom is -0.462 e. The lowest BCUT2D eigenvalue weighted by atomic mass is 10.0. The molecule has 32 heavy (non-hydrogen) atoms. The molecule has 0 saturated heterocycles. The van der Waals surface area contributed by atoms with Gasteiger partial charge < -0.3 is 22.0 Å². The van der Waals surface area contributed by atoms with E-state index in [4.69, 9.17) is 4.74 Å². The zero-order chi connectivity index (χ0) is 24.5. The maximum Gasteiger partial charge on any atom is 0.673 e. The molecule has 2 aromatic rings. The van der Waals surface area contributed by atoms with Crippen LogP contribution in [-0.2, 0) is 30.4 Å². The van der Waals surface area contributed by atoms with Crippen molar-refractivity contribution in [3.05, 3.63) is 65.7 Å². The van der Waals surface area contributed by atoms with Crippen molar-refractivity contribution in [3.8, 4) is 0 Å². The smallest absolute Gasteiger partial charge is 0.462 e. The summed E-state index contributed by atoms with van der Waals surface area (Å²) in [6.07, 6.45) is 3.83. The third-order valence-electron chi connectivity index (χ3n) is 4.10. The van der Waals surface area contributed by atoms with Crippen molar-refractivity contribution < 1.29 is 35.2 Å². The van der Waals surface area contributed by atoms with E-state index in [0.29, 0.717) is 0 Å². The summed E-state index contributed by atoms with van der Waals surface area (Å²) in [4.78, 5) is 12.8. The number of esters is 1. The Hall–Kier alpha value is -2.05. The second kappa shape index (κ2) is 12.3. The number of rotatable bonds is 8. The van der Waals surface area contributed by atoms with E-state index in [1.165, 1.54) is 0 Å². The summed E-state index contributed by atoms with van der Waals surface area (Å²) in [5.41, 5.74) is 1.70. The fourth-order valence-electron chi connectivity index (χ4n) is 2.74. The van der Waals surface area contributed by atoms with Gasteiger partial charge in [0.15, 0.2) is 0 Å². The Labute approximate surface area is 189 Å². The monoisotopic (exact) mass is 495 g/mol. The van der Waals surface area contributed by atoms with Gasteiger partial charge in [0, 0.05) is 0 Å². The number of hydrogen-bond acceptors (Lipinski definition) is 4. The second-order valence-corrected chi connectivity index (χ2v) is 10.9. The Morgan fingerprint density at radius 3 is 1.97 bits per heavy atom. The number of ether oxygens (including phenoxy) is 1. The molecule has 178 valence electrons. The second-order valence-electron chi connectivity index (χ2n) is 6.87. The predicted octanol–water partition coefficient (Wildman–Crippen LogP) is 4.12. The van der Waals surface area contributed by atoms with Crippen molar-refractivity contribution in [2.45, 2.75) is 30.0 Å². The van der Waals surface area contributed by atoms with E-state index in [0.717, 1.165) is 11.1 Å². The van der Waals surface area contributed by atoms with E-state index in [2.05, 4.69) is 4.72 Å². The zero-order valence-corrected chi connectivity index (χ0v) is 19.7. The van der Waals surface area contributed by atoms with Crippen LogP contribution in [0.2, 0.25) is 0 Å². The van der Waals surface area contributed by atoms with Gasteiger partial charge in [0.25, 0.3) is 0 Å². The molecule has 1 N–H and O–H groups in total. The molecule has 12 heteroatoms. The molecule has 0 aromatic heterocycles. The minimum atomic E-state index is -6.00. The summed E-state index contributed by atoms with van der Waals surface area (Å²) < 4.78 is 72.9. The van der Waals surface area contributed by atoms with Gasteiger partial charge in [0.2, 0.25) is 15.3 Å². The Kier molecular flexibility index (Phi) is 10.7. The van der Waals surface area contributed by atoms with E-state index in [9.17, 15) is 30.5 Å². The normalized spacial score (nSPS) is 13.7. The minimum absolute atomic E-state index is 0.170. The Morgan fingerprint density at radius 1 is 1.03 bits per heavy atom. The molecular weight excluding hydrogens is 469 g/mol. The van der Waals surface area contributed by atoms with E-state index < -0.39 is 45.4 Å². The summed E-state index contributed by atoms with van der Waals surface area (Å²) in [7, 11) is -10.2. The summed E-state index contributed by atoms with van der Waals surface area (Å²) >= 11 is 0. The highest BCUT2D eigenvalue weighted by Gasteiger charge is 2.42. The number of nitrogens with one attached hydrogen (secondary N) is 1. The van der Waals surface area contributed by atoms with Crippen LogP contribution in [0.5, 0.6) is 0 Å². The third-order valence-corrected chi connectivity index (χ3v) is 7.04. The van der Waals surface area contributed by atoms with Crippen LogP contribution < -0.4 is 4.72 Å². The SMILES string of the molecule is CCOC(=O)[C@H]([C@H](NS(=O)(=O)c1ccc(C)cc1)c1ccccc1)[S+](C)C.F[B-](F)(F)F. The number of carbonyl (C=O) groups excluding carboxylic acids is 1. The van der Waals surface area contributed by atoms with Crippen LogP contribution >= 0.6 is 0 Å². The van der Waals surface area contributed by atoms with Gasteiger partial charge in [-0.15, -0.1) is 0 Å². The first-order valence-electron chi connectivity index (χ1n) is 9.50. The van der Waals surface area contributed by atoms with E-state index in [1.54, 1.807) is 31.2 Å². The average molecular weight is 495 g/mol. The molecule has 2 aromatic carbocycles. The van der Waals surface area contributed by atoms with E-state index in [-0.39, 0.29) is 11.5 Å². The number of halogens is 4. The lowest BCUT2D eigenvalue weighted by Gasteiger charge is -2.24. The molecular formula is C20H26BF4NO4S2. The average Bonchev–Trinajstić information content (AvgIpc) is 2.67. The lowest BCUT2D eigenvalue weighted by molar-refractivity contribution is -0.143. The molecule has 0 aliphatic rings. The lowest BCUT2D eigenvalue weighted by Crippen LogP contribution is -2.45. The van der Waals surface area contributed by atoms with Gasteiger partial charge in [-0.1, -0.05) is 48.0 Å². The number of hydrogen-bond donors (Lipinski definition) is 1. The van der Waals surface area contributed by atoms with Crippen molar-refractivity contribution >= 4 is 34.1 Å². The highest BCUT2D eigenvalue weighted by atomic mass is 32.2. The standard InChI is InChI=1S/C20H26NO4S2.BF4/c1-5-25-20(22)19(26(3)4)18(16-9-7-6-8-10-16)21-27(23,24)17-13-11-15(2)12-14-17;2-1(3,4)5/h6-14,18-19,21H,5H2,1-4H3;/q+1;-1/t18-,19+;/m1./s1. The molecule has 0 bridgehead atoms. The molecule has 0 aliphatic heterocycles. The number of aryl methyl sites for hydroxylation is 1. The highest BCUT2D eigenvalue weighted by molar-refractivity contribution is 7.97. The van der Waals surface area contributed by atoms with Crippen LogP contribution in [-0.4, -0.2) is 46.0 Å². The predicted molar refractivity (Wildman–Crippen MR) is 121 cm³/mol. The molecule has 2 rings (SSSR count). The maximum atomic E-state index is 13.0. The zero-order valence-electron chi connectivity index (χ0n) is 18.1. The Bertz CT molecular complexity index is 950. The molecule has 0 aliphatic carbocycles. The van der Waals surface area contributed by atoms with Crippen LogP contribution in [0.3, 0.4) is 0 Å². The fraction of sp³-hybridized carbons (Fsp3) is 0.350. The van der Waals surface area contributed by atoms with Crippen LogP contribution in [0.4, 0.5) is 17.3 Å². The molecule has 0 unspecified atom stereocenters. The number of benzene rings is 2. The van der Waals surface area contributed by atoms with Crippen molar-refractivity contribution in [3.63, 3.8) is 0 Å². The maximum absolute atomic E-state index is 13.0. The van der Waals surface area contributed by atoms with E-state index >= 15 is 0 Å². The molecule has 0 radical (unpaired) electrons. The summed E-state index contributed by atoms with van der Waals surface area (Å²) in [6, 6.07) is 15.1. The Balaban J connectivity index is 0.000000920. The molecule has 2 atom stereocenters. The van der Waals surface area contributed by atoms with Gasteiger partial charge in [0.05, 0.1) is 24.0 Å². The summed E-state index contributed by atoms with van der Waals surface area (Å²) in [6.45, 7) is 3.89. The number of carbonyl (C=O) groups is 1. The van der Waals surface area contributed by atoms with Crippen molar-refractivity contribution in [1.82, 2.24) is 4.72 Å². The topological polar surface area (TPSA) is 72.5 Å². The van der Waals surface area contributed by atoms with Gasteiger partial charge >= 0.3 is 13.2 Å². The molecule has 0 amide bonds. The van der Waals surface area contributed by atoms with Crippen molar-refractivity contribution in [2.24, 2.45) is 0 Å². The third kappa shape index (κ3) is 9.62. The first-order valence-corrected chi connectivity index (χ1v) is 13.1. The van der Waals surface area contributed by atoms with Crippen LogP contribution in [0.1, 0.15) is 24.1 Å². The van der Waals surface area contributed by atoms with Crippen LogP contribution in [0, 0.1) is 6.92 Å². The summed E-state index contributed by atoms with van der Waals surface area (Å²) in [5, 5.41) is -0.618. The Morgan fingerprint density at radius 2 is 1.53 bits per heavy atom. The molecule has 0 heterocycles. The van der Waals surface area contributed by atoms with Crippen LogP contribution in [0.15, 0.2) is 59.5 Å². The van der Waals surface area contributed by atoms with Crippen LogP contribution in [0.25, 0.3) is 0 Å². The molecule has 0 saturated carbocycles. The molecule has 0 spiro atoms. The fourth-order valence-corrected chi connectivity index (χ4v) is 5.29. The molecule has 0 fully saturated rings. The van der Waals surface area contributed by atoms with Gasteiger partial charge in [-0.25, -0.2) is 13.2 Å². The number of sulfonamides is 1. The largest absolute Gasteiger partial charge is 0.673 e. The quantitative estimate of drug-likeness (QED) is 0.259. The van der Waals surface area contributed by atoms with Gasteiger partial charge in [-0.3, -0.25) is 0 Å². The van der Waals surface area contributed by atoms with Gasteiger partial charge in [-0.05, 0) is 42.4 Å². The van der Waals surface area contributed by atoms with Gasteiger partial charge in [-0.2, -0.15) is 4.72 Å². The van der Waals surface area contributed by atoms with Crippen molar-refractivity contribution in [2.75, 3.05) is 19.1 Å². The highest BCUT2D eigenvalue weighted by Crippen LogP contribution is 2.26. The first kappa shape index (κ1) is 28.0. The first-order chi connectivity index (χ1) is 14.8. The van der Waals surface area contributed by atoms with E-state index in [1.807, 2.05) is 49.8 Å². The summed E-state index contributed by atoms with van der Waals surface area (Å²) in [5.74, 6) is -0.397. The van der Waals surface area contributed by atoms with Gasteiger partial charge in [0.1, 0.15) is 6.04 Å².